The summed E-state index contributed by atoms with van der Waals surface area (Å²) in [4.78, 5) is 13.9. The number of halogens is 2. The summed E-state index contributed by atoms with van der Waals surface area (Å²) in [5, 5.41) is 6.05. The van der Waals surface area contributed by atoms with E-state index >= 15 is 0 Å². The van der Waals surface area contributed by atoms with Gasteiger partial charge in [0.1, 0.15) is 0 Å². The molecule has 2 N–H and O–H groups in total. The molecule has 1 aliphatic heterocycles. The zero-order valence-electron chi connectivity index (χ0n) is 12.5. The van der Waals surface area contributed by atoms with Crippen molar-refractivity contribution < 1.29 is 9.53 Å². The maximum Gasteiger partial charge on any atom is 0.220 e. The van der Waals surface area contributed by atoms with Crippen LogP contribution in [0.2, 0.25) is 0 Å². The monoisotopic (exact) mass is 329 g/mol. The van der Waals surface area contributed by atoms with Gasteiger partial charge in [0.2, 0.25) is 5.91 Å². The molecule has 0 aromatic carbocycles. The molecule has 0 saturated carbocycles. The number of carbonyl (C=O) groups excluding carboxylic acids is 1. The Kier molecular flexibility index (Phi) is 15.4. The number of hydrogen-bond donors (Lipinski definition) is 2. The van der Waals surface area contributed by atoms with Gasteiger partial charge >= 0.3 is 0 Å². The molecule has 0 aromatic rings. The van der Waals surface area contributed by atoms with Gasteiger partial charge in [0.15, 0.2) is 0 Å². The highest BCUT2D eigenvalue weighted by molar-refractivity contribution is 5.85. The number of amides is 1. The fraction of sp³-hybridized carbons (Fsp3) is 0.923. The van der Waals surface area contributed by atoms with Crippen LogP contribution in [0.3, 0.4) is 0 Å². The van der Waals surface area contributed by atoms with E-state index in [2.05, 4.69) is 22.5 Å². The van der Waals surface area contributed by atoms with Crippen LogP contribution in [0.5, 0.6) is 0 Å². The molecule has 122 valence electrons. The third-order valence-electron chi connectivity index (χ3n) is 3.15. The molecule has 20 heavy (non-hydrogen) atoms. The number of morpholine rings is 1. The first kappa shape index (κ1) is 22.2. The Morgan fingerprint density at radius 3 is 2.55 bits per heavy atom. The Morgan fingerprint density at radius 2 is 1.95 bits per heavy atom. The first-order chi connectivity index (χ1) is 8.72. The summed E-state index contributed by atoms with van der Waals surface area (Å²) in [5.74, 6) is 0.662. The maximum absolute atomic E-state index is 11.5. The first-order valence-corrected chi connectivity index (χ1v) is 6.93. The van der Waals surface area contributed by atoms with Crippen molar-refractivity contribution in [3.05, 3.63) is 0 Å². The molecule has 0 aromatic heterocycles. The SMILES string of the molecule is CNCCCC(=O)NCC(C)CN1CCOCC1.Cl.Cl. The molecule has 1 heterocycles. The number of nitrogens with one attached hydrogen (secondary N) is 2. The highest BCUT2D eigenvalue weighted by Gasteiger charge is 2.14. The quantitative estimate of drug-likeness (QED) is 0.650. The lowest BCUT2D eigenvalue weighted by atomic mass is 10.1. The molecule has 1 saturated heterocycles. The summed E-state index contributed by atoms with van der Waals surface area (Å²) in [7, 11) is 1.91. The molecule has 5 nitrogen and oxygen atoms in total. The van der Waals surface area contributed by atoms with Gasteiger partial charge in [-0.05, 0) is 25.9 Å². The second-order valence-corrected chi connectivity index (χ2v) is 5.03. The predicted molar refractivity (Wildman–Crippen MR) is 87.1 cm³/mol. The smallest absolute Gasteiger partial charge is 0.220 e. The van der Waals surface area contributed by atoms with Crippen LogP contribution in [0.4, 0.5) is 0 Å². The molecule has 0 radical (unpaired) electrons. The van der Waals surface area contributed by atoms with Crippen LogP contribution in [0.15, 0.2) is 0 Å². The summed E-state index contributed by atoms with van der Waals surface area (Å²) in [6.07, 6.45) is 1.52. The van der Waals surface area contributed by atoms with Crippen molar-refractivity contribution in [1.82, 2.24) is 15.5 Å². The molecule has 1 unspecified atom stereocenters. The summed E-state index contributed by atoms with van der Waals surface area (Å²) >= 11 is 0. The molecule has 1 fully saturated rings. The lowest BCUT2D eigenvalue weighted by Crippen LogP contribution is -2.41. The maximum atomic E-state index is 11.5. The van der Waals surface area contributed by atoms with E-state index < -0.39 is 0 Å². The van der Waals surface area contributed by atoms with Crippen LogP contribution in [0.25, 0.3) is 0 Å². The average molecular weight is 330 g/mol. The minimum atomic E-state index is 0. The highest BCUT2D eigenvalue weighted by atomic mass is 35.5. The summed E-state index contributed by atoms with van der Waals surface area (Å²) in [5.41, 5.74) is 0. The van der Waals surface area contributed by atoms with Crippen molar-refractivity contribution >= 4 is 30.7 Å². The summed E-state index contributed by atoms with van der Waals surface area (Å²) in [6, 6.07) is 0. The minimum Gasteiger partial charge on any atom is -0.379 e. The molecule has 0 bridgehead atoms. The van der Waals surface area contributed by atoms with Gasteiger partial charge in [0, 0.05) is 32.6 Å². The van der Waals surface area contributed by atoms with Crippen molar-refractivity contribution in [2.75, 3.05) is 53.0 Å². The molecule has 1 atom stereocenters. The van der Waals surface area contributed by atoms with Crippen LogP contribution >= 0.6 is 24.8 Å². The Balaban J connectivity index is 0. The van der Waals surface area contributed by atoms with E-state index in [1.165, 1.54) is 0 Å². The van der Waals surface area contributed by atoms with Crippen molar-refractivity contribution in [1.29, 1.82) is 0 Å². The number of carbonyl (C=O) groups is 1. The van der Waals surface area contributed by atoms with Gasteiger partial charge in [-0.15, -0.1) is 24.8 Å². The Bertz CT molecular complexity index is 240. The van der Waals surface area contributed by atoms with E-state index in [4.69, 9.17) is 4.74 Å². The third kappa shape index (κ3) is 10.7. The number of ether oxygens (including phenoxy) is 1. The van der Waals surface area contributed by atoms with Crippen molar-refractivity contribution in [3.8, 4) is 0 Å². The van der Waals surface area contributed by atoms with Gasteiger partial charge in [-0.2, -0.15) is 0 Å². The lowest BCUT2D eigenvalue weighted by molar-refractivity contribution is -0.121. The number of nitrogens with zero attached hydrogens (tertiary/aromatic N) is 1. The topological polar surface area (TPSA) is 53.6 Å². The second-order valence-electron chi connectivity index (χ2n) is 5.03. The van der Waals surface area contributed by atoms with E-state index in [0.717, 1.165) is 52.4 Å². The molecule has 0 spiro atoms. The Labute approximate surface area is 135 Å². The second kappa shape index (κ2) is 13.9. The summed E-state index contributed by atoms with van der Waals surface area (Å²) < 4.78 is 5.32. The van der Waals surface area contributed by atoms with E-state index in [0.29, 0.717) is 12.3 Å². The van der Waals surface area contributed by atoms with Crippen molar-refractivity contribution in [2.24, 2.45) is 5.92 Å². The van der Waals surface area contributed by atoms with Crippen LogP contribution in [-0.4, -0.2) is 63.8 Å². The molecule has 0 aliphatic carbocycles. The zero-order chi connectivity index (χ0) is 13.2. The van der Waals surface area contributed by atoms with Gasteiger partial charge in [-0.3, -0.25) is 9.69 Å². The van der Waals surface area contributed by atoms with E-state index in [1.807, 2.05) is 7.05 Å². The first-order valence-electron chi connectivity index (χ1n) is 6.93. The fourth-order valence-electron chi connectivity index (χ4n) is 2.09. The van der Waals surface area contributed by atoms with Gasteiger partial charge in [0.25, 0.3) is 0 Å². The molecule has 1 amide bonds. The number of rotatable bonds is 8. The fourth-order valence-corrected chi connectivity index (χ4v) is 2.09. The van der Waals surface area contributed by atoms with Crippen molar-refractivity contribution in [3.63, 3.8) is 0 Å². The van der Waals surface area contributed by atoms with Crippen LogP contribution in [0, 0.1) is 5.92 Å². The highest BCUT2D eigenvalue weighted by Crippen LogP contribution is 2.02. The third-order valence-corrected chi connectivity index (χ3v) is 3.15. The molecule has 7 heteroatoms. The van der Waals surface area contributed by atoms with Gasteiger partial charge in [-0.25, -0.2) is 0 Å². The predicted octanol–water partition coefficient (Wildman–Crippen LogP) is 0.914. The van der Waals surface area contributed by atoms with Crippen LogP contribution < -0.4 is 10.6 Å². The number of hydrogen-bond acceptors (Lipinski definition) is 4. The van der Waals surface area contributed by atoms with Crippen molar-refractivity contribution in [2.45, 2.75) is 19.8 Å². The molecular formula is C13H29Cl2N3O2. The Hall–Kier alpha value is -0.0700. The molecule has 1 rings (SSSR count). The van der Waals surface area contributed by atoms with E-state index in [-0.39, 0.29) is 30.7 Å². The van der Waals surface area contributed by atoms with Crippen LogP contribution in [-0.2, 0) is 9.53 Å². The van der Waals surface area contributed by atoms with E-state index in [1.54, 1.807) is 0 Å². The van der Waals surface area contributed by atoms with Gasteiger partial charge < -0.3 is 15.4 Å². The largest absolute Gasteiger partial charge is 0.379 e. The Morgan fingerprint density at radius 1 is 1.30 bits per heavy atom. The van der Waals surface area contributed by atoms with E-state index in [9.17, 15) is 4.79 Å². The van der Waals surface area contributed by atoms with Crippen LogP contribution in [0.1, 0.15) is 19.8 Å². The lowest BCUT2D eigenvalue weighted by Gasteiger charge is -2.29. The standard InChI is InChI=1S/C13H27N3O2.2ClH/c1-12(11-16-6-8-18-9-7-16)10-15-13(17)4-3-5-14-2;;/h12,14H,3-11H2,1-2H3,(H,15,17);2*1H. The average Bonchev–Trinajstić information content (AvgIpc) is 2.38. The zero-order valence-corrected chi connectivity index (χ0v) is 14.2. The van der Waals surface area contributed by atoms with Gasteiger partial charge in [0.05, 0.1) is 13.2 Å². The summed E-state index contributed by atoms with van der Waals surface area (Å²) in [6.45, 7) is 8.60. The normalized spacial score (nSPS) is 16.7. The molecular weight excluding hydrogens is 301 g/mol. The minimum absolute atomic E-state index is 0. The molecule has 1 aliphatic rings. The van der Waals surface area contributed by atoms with Gasteiger partial charge in [-0.1, -0.05) is 6.92 Å².